The number of rotatable bonds is 8. The van der Waals surface area contributed by atoms with E-state index in [1.807, 2.05) is 11.4 Å². The third-order valence-corrected chi connectivity index (χ3v) is 4.80. The summed E-state index contributed by atoms with van der Waals surface area (Å²) in [6.45, 7) is 7.68. The normalized spacial score (nSPS) is 16.3. The minimum Gasteiger partial charge on any atom is -0.350 e. The van der Waals surface area contributed by atoms with E-state index in [4.69, 9.17) is 0 Å². The Morgan fingerprint density at radius 3 is 2.95 bits per heavy atom. The molecule has 21 heavy (non-hydrogen) atoms. The summed E-state index contributed by atoms with van der Waals surface area (Å²) >= 11 is 1.69. The third-order valence-electron chi connectivity index (χ3n) is 3.92. The van der Waals surface area contributed by atoms with Crippen LogP contribution in [0.15, 0.2) is 17.5 Å². The molecule has 0 aliphatic carbocycles. The highest BCUT2D eigenvalue weighted by molar-refractivity contribution is 7.09. The highest BCUT2D eigenvalue weighted by Gasteiger charge is 2.18. The number of nitrogens with zero attached hydrogens (tertiary/aromatic N) is 1. The Hall–Kier alpha value is -0.910. The van der Waals surface area contributed by atoms with Gasteiger partial charge >= 0.3 is 0 Å². The lowest BCUT2D eigenvalue weighted by Gasteiger charge is -2.29. The van der Waals surface area contributed by atoms with Crippen molar-refractivity contribution >= 4 is 17.2 Å². The predicted molar refractivity (Wildman–Crippen MR) is 88.5 cm³/mol. The molecule has 1 saturated heterocycles. The highest BCUT2D eigenvalue weighted by Crippen LogP contribution is 2.13. The molecular weight excluding hydrogens is 282 g/mol. The van der Waals surface area contributed by atoms with Crippen molar-refractivity contribution in [3.8, 4) is 0 Å². The van der Waals surface area contributed by atoms with Gasteiger partial charge in [0.15, 0.2) is 0 Å². The maximum absolute atomic E-state index is 12.1. The smallest absolute Gasteiger partial charge is 0.234 e. The zero-order valence-corrected chi connectivity index (χ0v) is 13.8. The molecule has 1 aliphatic heterocycles. The number of hydrogen-bond acceptors (Lipinski definition) is 4. The van der Waals surface area contributed by atoms with E-state index in [2.05, 4.69) is 28.5 Å². The number of carbonyl (C=O) groups is 1. The lowest BCUT2D eigenvalue weighted by molar-refractivity contribution is -0.122. The molecular formula is C16H27N3OS. The first-order chi connectivity index (χ1) is 10.3. The van der Waals surface area contributed by atoms with Crippen molar-refractivity contribution in [2.45, 2.75) is 32.7 Å². The molecule has 0 saturated carbocycles. The molecule has 0 spiro atoms. The van der Waals surface area contributed by atoms with Crippen LogP contribution >= 0.6 is 11.3 Å². The van der Waals surface area contributed by atoms with Crippen LogP contribution < -0.4 is 10.6 Å². The molecule has 2 rings (SSSR count). The first-order valence-electron chi connectivity index (χ1n) is 8.00. The van der Waals surface area contributed by atoms with E-state index in [1.165, 1.54) is 17.7 Å². The van der Waals surface area contributed by atoms with Gasteiger partial charge in [-0.1, -0.05) is 13.0 Å². The van der Waals surface area contributed by atoms with Crippen molar-refractivity contribution in [1.29, 1.82) is 0 Å². The molecule has 0 aromatic carbocycles. The summed E-state index contributed by atoms with van der Waals surface area (Å²) in [4.78, 5) is 15.6. The molecule has 0 radical (unpaired) electrons. The van der Waals surface area contributed by atoms with Crippen molar-refractivity contribution < 1.29 is 4.79 Å². The Morgan fingerprint density at radius 1 is 1.48 bits per heavy atom. The second-order valence-electron chi connectivity index (χ2n) is 5.78. The van der Waals surface area contributed by atoms with Crippen molar-refractivity contribution in [3.05, 3.63) is 22.4 Å². The standard InChI is InChI=1S/C16H27N3OS/c1-2-9-19(12-14-5-7-17-8-6-14)13-16(20)18-11-15-4-3-10-21-15/h3-4,10,14,17H,2,5-9,11-13H2,1H3,(H,18,20). The summed E-state index contributed by atoms with van der Waals surface area (Å²) in [6, 6.07) is 4.08. The van der Waals surface area contributed by atoms with Gasteiger partial charge in [0.05, 0.1) is 13.1 Å². The molecule has 1 aliphatic rings. The van der Waals surface area contributed by atoms with Crippen LogP contribution in [0.2, 0.25) is 0 Å². The molecule has 118 valence electrons. The van der Waals surface area contributed by atoms with Crippen molar-refractivity contribution in [2.75, 3.05) is 32.7 Å². The molecule has 1 aromatic heterocycles. The quantitative estimate of drug-likeness (QED) is 0.773. The summed E-state index contributed by atoms with van der Waals surface area (Å²) in [6.07, 6.45) is 3.57. The lowest BCUT2D eigenvalue weighted by atomic mass is 9.97. The number of amides is 1. The first kappa shape index (κ1) is 16.5. The molecule has 4 nitrogen and oxygen atoms in total. The van der Waals surface area contributed by atoms with Gasteiger partial charge in [-0.05, 0) is 56.3 Å². The minimum atomic E-state index is 0.144. The van der Waals surface area contributed by atoms with E-state index >= 15 is 0 Å². The molecule has 1 aromatic rings. The van der Waals surface area contributed by atoms with Gasteiger partial charge in [-0.3, -0.25) is 9.69 Å². The molecule has 5 heteroatoms. The maximum Gasteiger partial charge on any atom is 0.234 e. The molecule has 2 N–H and O–H groups in total. The average molecular weight is 309 g/mol. The van der Waals surface area contributed by atoms with E-state index < -0.39 is 0 Å². The SMILES string of the molecule is CCCN(CC(=O)NCc1cccs1)CC1CCNCC1. The van der Waals surface area contributed by atoms with Gasteiger partial charge in [0.2, 0.25) is 5.91 Å². The molecule has 1 fully saturated rings. The lowest BCUT2D eigenvalue weighted by Crippen LogP contribution is -2.41. The fraction of sp³-hybridized carbons (Fsp3) is 0.688. The largest absolute Gasteiger partial charge is 0.350 e. The minimum absolute atomic E-state index is 0.144. The summed E-state index contributed by atoms with van der Waals surface area (Å²) in [5.41, 5.74) is 0. The van der Waals surface area contributed by atoms with Crippen LogP contribution in [-0.4, -0.2) is 43.5 Å². The van der Waals surface area contributed by atoms with Crippen LogP contribution in [0.4, 0.5) is 0 Å². The van der Waals surface area contributed by atoms with Crippen LogP contribution in [0.5, 0.6) is 0 Å². The number of piperidine rings is 1. The van der Waals surface area contributed by atoms with Crippen LogP contribution in [-0.2, 0) is 11.3 Å². The Kier molecular flexibility index (Phi) is 7.19. The first-order valence-corrected chi connectivity index (χ1v) is 8.88. The van der Waals surface area contributed by atoms with Gasteiger partial charge in [0, 0.05) is 11.4 Å². The fourth-order valence-corrected chi connectivity index (χ4v) is 3.48. The van der Waals surface area contributed by atoms with Crippen LogP contribution in [0.3, 0.4) is 0 Å². The second kappa shape index (κ2) is 9.18. The number of nitrogens with one attached hydrogen (secondary N) is 2. The van der Waals surface area contributed by atoms with Gasteiger partial charge in [-0.15, -0.1) is 11.3 Å². The van der Waals surface area contributed by atoms with Gasteiger partial charge in [-0.25, -0.2) is 0 Å². The van der Waals surface area contributed by atoms with Crippen LogP contribution in [0.1, 0.15) is 31.1 Å². The van der Waals surface area contributed by atoms with Crippen LogP contribution in [0.25, 0.3) is 0 Å². The summed E-state index contributed by atoms with van der Waals surface area (Å²) in [5.74, 6) is 0.883. The number of carbonyl (C=O) groups excluding carboxylic acids is 1. The number of hydrogen-bond donors (Lipinski definition) is 2. The Morgan fingerprint density at radius 2 is 2.29 bits per heavy atom. The molecule has 1 amide bonds. The van der Waals surface area contributed by atoms with E-state index in [0.29, 0.717) is 13.1 Å². The Bertz CT molecular complexity index is 402. The van der Waals surface area contributed by atoms with Gasteiger partial charge < -0.3 is 10.6 Å². The van der Waals surface area contributed by atoms with E-state index in [-0.39, 0.29) is 5.91 Å². The van der Waals surface area contributed by atoms with Crippen molar-refractivity contribution in [2.24, 2.45) is 5.92 Å². The zero-order valence-electron chi connectivity index (χ0n) is 12.9. The second-order valence-corrected chi connectivity index (χ2v) is 6.82. The summed E-state index contributed by atoms with van der Waals surface area (Å²) in [5, 5.41) is 8.47. The zero-order chi connectivity index (χ0) is 14.9. The predicted octanol–water partition coefficient (Wildman–Crippen LogP) is 2.08. The number of thiophene rings is 1. The average Bonchev–Trinajstić information content (AvgIpc) is 3.00. The van der Waals surface area contributed by atoms with E-state index in [0.717, 1.165) is 38.5 Å². The molecule has 0 atom stereocenters. The Balaban J connectivity index is 1.73. The monoisotopic (exact) mass is 309 g/mol. The fourth-order valence-electron chi connectivity index (χ4n) is 2.84. The maximum atomic E-state index is 12.1. The highest BCUT2D eigenvalue weighted by atomic mass is 32.1. The van der Waals surface area contributed by atoms with Gasteiger partial charge in [-0.2, -0.15) is 0 Å². The summed E-state index contributed by atoms with van der Waals surface area (Å²) in [7, 11) is 0. The van der Waals surface area contributed by atoms with E-state index in [9.17, 15) is 4.79 Å². The molecule has 0 bridgehead atoms. The van der Waals surface area contributed by atoms with Gasteiger partial charge in [0.1, 0.15) is 0 Å². The van der Waals surface area contributed by atoms with Crippen LogP contribution in [0, 0.1) is 5.92 Å². The topological polar surface area (TPSA) is 44.4 Å². The molecule has 0 unspecified atom stereocenters. The van der Waals surface area contributed by atoms with Gasteiger partial charge in [0.25, 0.3) is 0 Å². The van der Waals surface area contributed by atoms with E-state index in [1.54, 1.807) is 11.3 Å². The van der Waals surface area contributed by atoms with Crippen molar-refractivity contribution in [3.63, 3.8) is 0 Å². The van der Waals surface area contributed by atoms with Crippen molar-refractivity contribution in [1.82, 2.24) is 15.5 Å². The third kappa shape index (κ3) is 6.16. The molecule has 2 heterocycles. The Labute approximate surface area is 131 Å². The summed E-state index contributed by atoms with van der Waals surface area (Å²) < 4.78 is 0.